The number of carbonyl (C=O) groups excluding carboxylic acids is 3. The van der Waals surface area contributed by atoms with Gasteiger partial charge in [0.25, 0.3) is 0 Å². The van der Waals surface area contributed by atoms with Crippen molar-refractivity contribution in [1.82, 2.24) is 10.2 Å². The number of rotatable bonds is 3. The molecule has 0 aromatic heterocycles. The molecule has 1 saturated carbocycles. The molecule has 2 bridgehead atoms. The maximum Gasteiger partial charge on any atom is 0.240 e. The van der Waals surface area contributed by atoms with Crippen molar-refractivity contribution in [2.24, 2.45) is 11.8 Å². The van der Waals surface area contributed by atoms with Gasteiger partial charge in [0.15, 0.2) is 0 Å². The van der Waals surface area contributed by atoms with Crippen LogP contribution in [0.25, 0.3) is 0 Å². The Morgan fingerprint density at radius 3 is 1.68 bits per heavy atom. The Hall–Kier alpha value is -2.95. The zero-order valence-corrected chi connectivity index (χ0v) is 17.4. The first-order chi connectivity index (χ1) is 15.1. The lowest BCUT2D eigenvalue weighted by Crippen LogP contribution is -2.45. The molecule has 1 heterocycles. The van der Waals surface area contributed by atoms with Crippen molar-refractivity contribution in [3.05, 3.63) is 70.8 Å². The van der Waals surface area contributed by atoms with E-state index in [1.807, 2.05) is 24.3 Å². The fraction of sp³-hybridized carbons (Fsp3) is 0.423. The molecule has 2 aromatic rings. The molecule has 7 rings (SSSR count). The minimum absolute atomic E-state index is 0.120. The number of nitrogens with one attached hydrogen (secondary N) is 1. The molecule has 2 aromatic carbocycles. The van der Waals surface area contributed by atoms with Crippen LogP contribution in [0.5, 0.6) is 0 Å². The molecule has 1 aliphatic heterocycles. The normalized spacial score (nSPS) is 28.8. The number of likely N-dealkylation sites (tertiary alicyclic amines) is 1. The van der Waals surface area contributed by atoms with Crippen molar-refractivity contribution in [2.45, 2.75) is 50.0 Å². The minimum Gasteiger partial charge on any atom is -0.352 e. The second-order valence-electron chi connectivity index (χ2n) is 9.43. The lowest BCUT2D eigenvalue weighted by atomic mass is 9.55. The highest BCUT2D eigenvalue weighted by molar-refractivity contribution is 6.09. The molecule has 5 nitrogen and oxygen atoms in total. The van der Waals surface area contributed by atoms with Crippen molar-refractivity contribution in [3.63, 3.8) is 0 Å². The summed E-state index contributed by atoms with van der Waals surface area (Å²) in [5.74, 6) is -1.65. The van der Waals surface area contributed by atoms with Crippen LogP contribution in [-0.4, -0.2) is 35.2 Å². The van der Waals surface area contributed by atoms with Crippen molar-refractivity contribution < 1.29 is 14.4 Å². The van der Waals surface area contributed by atoms with E-state index in [9.17, 15) is 14.4 Å². The van der Waals surface area contributed by atoms with E-state index < -0.39 is 11.8 Å². The van der Waals surface area contributed by atoms with E-state index in [1.54, 1.807) is 0 Å². The molecule has 0 radical (unpaired) electrons. The lowest BCUT2D eigenvalue weighted by molar-refractivity contribution is -0.143. The zero-order chi connectivity index (χ0) is 21.1. The molecule has 3 amide bonds. The summed E-state index contributed by atoms with van der Waals surface area (Å²) in [4.78, 5) is 41.0. The van der Waals surface area contributed by atoms with Crippen LogP contribution in [0.15, 0.2) is 48.5 Å². The molecule has 0 spiro atoms. The van der Waals surface area contributed by atoms with Gasteiger partial charge in [-0.05, 0) is 35.1 Å². The molecule has 5 aliphatic rings. The van der Waals surface area contributed by atoms with Crippen LogP contribution < -0.4 is 5.32 Å². The lowest BCUT2D eigenvalue weighted by Gasteiger charge is -2.45. The largest absolute Gasteiger partial charge is 0.352 e. The molecule has 31 heavy (non-hydrogen) atoms. The predicted octanol–water partition coefficient (Wildman–Crippen LogP) is 3.33. The second-order valence-corrected chi connectivity index (χ2v) is 9.43. The Bertz CT molecular complexity index is 972. The van der Waals surface area contributed by atoms with E-state index in [0.29, 0.717) is 0 Å². The molecule has 1 saturated heterocycles. The monoisotopic (exact) mass is 414 g/mol. The van der Waals surface area contributed by atoms with Crippen LogP contribution in [0, 0.1) is 11.8 Å². The van der Waals surface area contributed by atoms with E-state index in [4.69, 9.17) is 0 Å². The maximum atomic E-state index is 13.5. The van der Waals surface area contributed by atoms with Gasteiger partial charge in [-0.1, -0.05) is 67.8 Å². The summed E-state index contributed by atoms with van der Waals surface area (Å²) >= 11 is 0. The van der Waals surface area contributed by atoms with Crippen LogP contribution in [0.1, 0.15) is 66.2 Å². The Morgan fingerprint density at radius 2 is 1.23 bits per heavy atom. The average Bonchev–Trinajstić information content (AvgIpc) is 3.05. The van der Waals surface area contributed by atoms with Gasteiger partial charge >= 0.3 is 0 Å². The first-order valence-corrected chi connectivity index (χ1v) is 11.5. The van der Waals surface area contributed by atoms with E-state index in [2.05, 4.69) is 29.6 Å². The summed E-state index contributed by atoms with van der Waals surface area (Å²) in [6.07, 6.45) is 5.41. The third-order valence-electron chi connectivity index (χ3n) is 7.81. The van der Waals surface area contributed by atoms with Crippen LogP contribution in [0.3, 0.4) is 0 Å². The molecule has 2 atom stereocenters. The van der Waals surface area contributed by atoms with E-state index in [0.717, 1.165) is 47.9 Å². The highest BCUT2D eigenvalue weighted by Gasteiger charge is 2.61. The Kier molecular flexibility index (Phi) is 4.27. The van der Waals surface area contributed by atoms with Crippen LogP contribution in [0.4, 0.5) is 0 Å². The fourth-order valence-corrected chi connectivity index (χ4v) is 6.56. The molecule has 1 N–H and O–H groups in total. The topological polar surface area (TPSA) is 66.5 Å². The van der Waals surface area contributed by atoms with Gasteiger partial charge in [-0.15, -0.1) is 0 Å². The van der Waals surface area contributed by atoms with Gasteiger partial charge in [0.05, 0.1) is 11.8 Å². The van der Waals surface area contributed by atoms with Gasteiger partial charge in [-0.25, -0.2) is 0 Å². The van der Waals surface area contributed by atoms with E-state index in [-0.39, 0.29) is 42.1 Å². The Balaban J connectivity index is 1.33. The number of imide groups is 1. The second kappa shape index (κ2) is 7.04. The van der Waals surface area contributed by atoms with Crippen LogP contribution in [0.2, 0.25) is 0 Å². The summed E-state index contributed by atoms with van der Waals surface area (Å²) in [5.41, 5.74) is 4.62. The summed E-state index contributed by atoms with van der Waals surface area (Å²) in [6, 6.07) is 16.6. The van der Waals surface area contributed by atoms with Gasteiger partial charge in [0.2, 0.25) is 17.7 Å². The molecule has 5 heteroatoms. The van der Waals surface area contributed by atoms with E-state index >= 15 is 0 Å². The Labute approximate surface area is 181 Å². The maximum absolute atomic E-state index is 13.5. The molecule has 2 fully saturated rings. The molecule has 4 aliphatic carbocycles. The van der Waals surface area contributed by atoms with Crippen LogP contribution >= 0.6 is 0 Å². The van der Waals surface area contributed by atoms with Crippen molar-refractivity contribution in [2.75, 3.05) is 6.54 Å². The predicted molar refractivity (Wildman–Crippen MR) is 115 cm³/mol. The first-order valence-electron chi connectivity index (χ1n) is 11.5. The molecular formula is C26H26N2O3. The number of hydrogen-bond acceptors (Lipinski definition) is 3. The van der Waals surface area contributed by atoms with Crippen molar-refractivity contribution in [3.8, 4) is 0 Å². The quantitative estimate of drug-likeness (QED) is 0.784. The zero-order valence-electron chi connectivity index (χ0n) is 17.4. The van der Waals surface area contributed by atoms with Crippen molar-refractivity contribution in [1.29, 1.82) is 0 Å². The van der Waals surface area contributed by atoms with Gasteiger partial charge in [0.1, 0.15) is 6.54 Å². The number of hydrogen-bond donors (Lipinski definition) is 1. The number of amides is 3. The van der Waals surface area contributed by atoms with E-state index in [1.165, 1.54) is 11.3 Å². The minimum atomic E-state index is -0.412. The first kappa shape index (κ1) is 18.8. The Morgan fingerprint density at radius 1 is 0.774 bits per heavy atom. The molecule has 0 unspecified atom stereocenters. The number of nitrogens with zero attached hydrogens (tertiary/aromatic N) is 1. The molecule has 158 valence electrons. The average molecular weight is 415 g/mol. The van der Waals surface area contributed by atoms with Gasteiger partial charge in [-0.2, -0.15) is 0 Å². The summed E-state index contributed by atoms with van der Waals surface area (Å²) in [5, 5.41) is 3.06. The summed E-state index contributed by atoms with van der Waals surface area (Å²) in [7, 11) is 0. The van der Waals surface area contributed by atoms with Gasteiger partial charge in [0, 0.05) is 17.9 Å². The number of benzene rings is 2. The van der Waals surface area contributed by atoms with Crippen molar-refractivity contribution >= 4 is 17.7 Å². The van der Waals surface area contributed by atoms with Crippen LogP contribution in [-0.2, 0) is 14.4 Å². The SMILES string of the molecule is O=C(CN1C(=O)[C@@H]2C3c4ccccc4C(c4ccccc43)[C@H]2C1=O)NC1CCCCC1. The molecular weight excluding hydrogens is 388 g/mol. The highest BCUT2D eigenvalue weighted by atomic mass is 16.2. The van der Waals surface area contributed by atoms with Gasteiger partial charge < -0.3 is 5.32 Å². The third-order valence-corrected chi connectivity index (χ3v) is 7.81. The summed E-state index contributed by atoms with van der Waals surface area (Å²) in [6.45, 7) is -0.159. The highest BCUT2D eigenvalue weighted by Crippen LogP contribution is 2.60. The third kappa shape index (κ3) is 2.72. The fourth-order valence-electron chi connectivity index (χ4n) is 6.56. The summed E-state index contributed by atoms with van der Waals surface area (Å²) < 4.78 is 0. The smallest absolute Gasteiger partial charge is 0.240 e. The number of carbonyl (C=O) groups is 3. The van der Waals surface area contributed by atoms with Gasteiger partial charge in [-0.3, -0.25) is 19.3 Å². The standard InChI is InChI=1S/C26H26N2O3/c29-20(27-15-8-2-1-3-9-15)14-28-25(30)23-21-16-10-4-5-11-17(16)22(24(23)26(28)31)19-13-7-6-12-18(19)21/h4-7,10-13,15,21-24H,1-3,8-9,14H2,(H,27,29)/t21?,22?,23-,24-/m1/s1.